The highest BCUT2D eigenvalue weighted by Crippen LogP contribution is 2.33. The Hall–Kier alpha value is -1.42. The van der Waals surface area contributed by atoms with E-state index in [4.69, 9.17) is 4.42 Å². The molecule has 1 saturated carbocycles. The van der Waals surface area contributed by atoms with Gasteiger partial charge in [0.1, 0.15) is 0 Å². The van der Waals surface area contributed by atoms with Crippen molar-refractivity contribution in [3.63, 3.8) is 0 Å². The van der Waals surface area contributed by atoms with Crippen molar-refractivity contribution in [2.75, 3.05) is 0 Å². The van der Waals surface area contributed by atoms with Crippen molar-refractivity contribution >= 4 is 11.5 Å². The highest BCUT2D eigenvalue weighted by molar-refractivity contribution is 7.02. The zero-order chi connectivity index (χ0) is 12.4. The molecule has 0 spiro atoms. The monoisotopic (exact) mass is 261 g/mol. The Kier molecular flexibility index (Phi) is 3.28. The molecule has 0 N–H and O–H groups in total. The van der Waals surface area contributed by atoms with Gasteiger partial charge in [-0.2, -0.15) is 0 Å². The average molecular weight is 261 g/mol. The first-order valence-electron chi connectivity index (χ1n) is 6.40. The molecule has 18 heavy (non-hydrogen) atoms. The number of benzene rings is 1. The molecule has 3 nitrogen and oxygen atoms in total. The SMILES string of the molecule is O=c1oc(-c2ccc(C3CCCCC3)cc2)ns1. The van der Waals surface area contributed by atoms with Crippen LogP contribution < -0.4 is 4.94 Å². The fourth-order valence-electron chi connectivity index (χ4n) is 2.64. The Morgan fingerprint density at radius 3 is 2.44 bits per heavy atom. The smallest absolute Gasteiger partial charge is 0.394 e. The van der Waals surface area contributed by atoms with Crippen molar-refractivity contribution in [1.82, 2.24) is 4.37 Å². The second kappa shape index (κ2) is 5.06. The van der Waals surface area contributed by atoms with Crippen molar-refractivity contribution in [2.24, 2.45) is 0 Å². The molecule has 4 heteroatoms. The fraction of sp³-hybridized carbons (Fsp3) is 0.429. The Morgan fingerprint density at radius 1 is 1.11 bits per heavy atom. The standard InChI is InChI=1S/C14H15NO2S/c16-14-17-13(15-18-14)12-8-6-11(7-9-12)10-4-2-1-3-5-10/h6-10H,1-5H2. The van der Waals surface area contributed by atoms with E-state index in [9.17, 15) is 4.79 Å². The first-order chi connectivity index (χ1) is 8.83. The van der Waals surface area contributed by atoms with Crippen LogP contribution in [0.2, 0.25) is 0 Å². The average Bonchev–Trinajstić information content (AvgIpc) is 2.87. The number of nitrogens with zero attached hydrogens (tertiary/aromatic N) is 1. The molecule has 1 fully saturated rings. The topological polar surface area (TPSA) is 43.1 Å². The van der Waals surface area contributed by atoms with Crippen molar-refractivity contribution in [3.8, 4) is 11.5 Å². The van der Waals surface area contributed by atoms with Gasteiger partial charge in [0.2, 0.25) is 5.89 Å². The predicted molar refractivity (Wildman–Crippen MR) is 71.9 cm³/mol. The maximum atomic E-state index is 11.0. The van der Waals surface area contributed by atoms with Crippen molar-refractivity contribution in [1.29, 1.82) is 0 Å². The van der Waals surface area contributed by atoms with Crippen LogP contribution in [0.15, 0.2) is 33.5 Å². The molecule has 0 radical (unpaired) electrons. The molecular weight excluding hydrogens is 246 g/mol. The quantitative estimate of drug-likeness (QED) is 0.825. The first-order valence-corrected chi connectivity index (χ1v) is 7.17. The summed E-state index contributed by atoms with van der Waals surface area (Å²) < 4.78 is 9.00. The lowest BCUT2D eigenvalue weighted by Crippen LogP contribution is -2.04. The highest BCUT2D eigenvalue weighted by Gasteiger charge is 2.15. The molecule has 1 heterocycles. The third-order valence-corrected chi connectivity index (χ3v) is 4.11. The van der Waals surface area contributed by atoms with Gasteiger partial charge in [-0.25, -0.2) is 4.79 Å². The molecular formula is C14H15NO2S. The minimum absolute atomic E-state index is 0.346. The van der Waals surface area contributed by atoms with Crippen LogP contribution in [-0.4, -0.2) is 4.37 Å². The number of rotatable bonds is 2. The predicted octanol–water partition coefficient (Wildman–Crippen LogP) is 3.81. The Labute approximate surface area is 110 Å². The minimum atomic E-state index is -0.346. The van der Waals surface area contributed by atoms with E-state index in [1.54, 1.807) is 0 Å². The van der Waals surface area contributed by atoms with E-state index < -0.39 is 0 Å². The Balaban J connectivity index is 1.82. The molecule has 0 unspecified atom stereocenters. The maximum absolute atomic E-state index is 11.0. The molecule has 3 rings (SSSR count). The van der Waals surface area contributed by atoms with Crippen LogP contribution in [0, 0.1) is 0 Å². The largest absolute Gasteiger partial charge is 0.414 e. The summed E-state index contributed by atoms with van der Waals surface area (Å²) in [7, 11) is 0. The van der Waals surface area contributed by atoms with Gasteiger partial charge in [-0.15, -0.1) is 4.37 Å². The van der Waals surface area contributed by atoms with E-state index in [1.807, 2.05) is 12.1 Å². The minimum Gasteiger partial charge on any atom is -0.394 e. The van der Waals surface area contributed by atoms with Gasteiger partial charge in [0.25, 0.3) is 0 Å². The summed E-state index contributed by atoms with van der Waals surface area (Å²) in [5, 5.41) is 0. The molecule has 2 aromatic rings. The molecule has 0 atom stereocenters. The van der Waals surface area contributed by atoms with E-state index >= 15 is 0 Å². The molecule has 0 bridgehead atoms. The van der Waals surface area contributed by atoms with Crippen LogP contribution in [0.1, 0.15) is 43.6 Å². The second-order valence-electron chi connectivity index (χ2n) is 4.80. The summed E-state index contributed by atoms with van der Waals surface area (Å²) in [6, 6.07) is 8.29. The van der Waals surface area contributed by atoms with Gasteiger partial charge in [-0.1, -0.05) is 31.4 Å². The van der Waals surface area contributed by atoms with Crippen molar-refractivity contribution in [2.45, 2.75) is 38.0 Å². The Bertz CT molecular complexity index is 564. The van der Waals surface area contributed by atoms with Gasteiger partial charge in [-0.3, -0.25) is 0 Å². The van der Waals surface area contributed by atoms with Crippen LogP contribution in [0.25, 0.3) is 11.5 Å². The van der Waals surface area contributed by atoms with E-state index in [-0.39, 0.29) is 4.94 Å². The lowest BCUT2D eigenvalue weighted by atomic mass is 9.84. The normalized spacial score (nSPS) is 16.9. The zero-order valence-corrected chi connectivity index (χ0v) is 10.9. The third kappa shape index (κ3) is 2.38. The molecule has 94 valence electrons. The van der Waals surface area contributed by atoms with Gasteiger partial charge in [0.15, 0.2) is 0 Å². The van der Waals surface area contributed by atoms with Gasteiger partial charge >= 0.3 is 4.94 Å². The molecule has 0 aliphatic heterocycles. The maximum Gasteiger partial charge on any atom is 0.414 e. The van der Waals surface area contributed by atoms with Crippen LogP contribution >= 0.6 is 11.5 Å². The van der Waals surface area contributed by atoms with Crippen LogP contribution in [0.3, 0.4) is 0 Å². The fourth-order valence-corrected chi connectivity index (χ4v) is 3.06. The first kappa shape index (κ1) is 11.7. The summed E-state index contributed by atoms with van der Waals surface area (Å²) in [5.74, 6) is 1.13. The lowest BCUT2D eigenvalue weighted by Gasteiger charge is -2.21. The summed E-state index contributed by atoms with van der Waals surface area (Å²) >= 11 is 0.859. The van der Waals surface area contributed by atoms with Gasteiger partial charge in [0.05, 0.1) is 11.5 Å². The van der Waals surface area contributed by atoms with Crippen LogP contribution in [0.4, 0.5) is 0 Å². The summed E-state index contributed by atoms with van der Waals surface area (Å²) in [6.07, 6.45) is 6.65. The van der Waals surface area contributed by atoms with E-state index in [0.29, 0.717) is 11.8 Å². The zero-order valence-electron chi connectivity index (χ0n) is 10.1. The second-order valence-corrected chi connectivity index (χ2v) is 5.50. The number of hydrogen-bond acceptors (Lipinski definition) is 4. The molecule has 0 amide bonds. The van der Waals surface area contributed by atoms with Gasteiger partial charge < -0.3 is 4.42 Å². The molecule has 1 aliphatic rings. The molecule has 1 aromatic carbocycles. The van der Waals surface area contributed by atoms with Crippen LogP contribution in [0.5, 0.6) is 0 Å². The van der Waals surface area contributed by atoms with Gasteiger partial charge in [0, 0.05) is 5.56 Å². The molecule has 0 saturated heterocycles. The summed E-state index contributed by atoms with van der Waals surface area (Å²) in [6.45, 7) is 0. The van der Waals surface area contributed by atoms with E-state index in [1.165, 1.54) is 37.7 Å². The lowest BCUT2D eigenvalue weighted by molar-refractivity contribution is 0.443. The highest BCUT2D eigenvalue weighted by atomic mass is 32.1. The van der Waals surface area contributed by atoms with E-state index in [2.05, 4.69) is 16.5 Å². The van der Waals surface area contributed by atoms with Crippen molar-refractivity contribution < 1.29 is 4.42 Å². The summed E-state index contributed by atoms with van der Waals surface area (Å²) in [5.41, 5.74) is 2.28. The van der Waals surface area contributed by atoms with Crippen molar-refractivity contribution in [3.05, 3.63) is 39.6 Å². The Morgan fingerprint density at radius 2 is 1.83 bits per heavy atom. The number of aromatic nitrogens is 1. The van der Waals surface area contributed by atoms with E-state index in [0.717, 1.165) is 17.1 Å². The molecule has 1 aromatic heterocycles. The molecule has 1 aliphatic carbocycles. The van der Waals surface area contributed by atoms with Gasteiger partial charge in [-0.05, 0) is 36.5 Å². The van der Waals surface area contributed by atoms with Crippen LogP contribution in [-0.2, 0) is 0 Å². The summed E-state index contributed by atoms with van der Waals surface area (Å²) in [4.78, 5) is 10.6. The number of hydrogen-bond donors (Lipinski definition) is 0. The third-order valence-electron chi connectivity index (χ3n) is 3.62.